The van der Waals surface area contributed by atoms with Crippen LogP contribution in [0.2, 0.25) is 0 Å². The van der Waals surface area contributed by atoms with E-state index in [1.807, 2.05) is 25.9 Å². The van der Waals surface area contributed by atoms with E-state index in [9.17, 15) is 21.6 Å². The summed E-state index contributed by atoms with van der Waals surface area (Å²) >= 11 is 0. The Morgan fingerprint density at radius 1 is 1.08 bits per heavy atom. The monoisotopic (exact) mass is 520 g/mol. The Labute approximate surface area is 205 Å². The highest BCUT2D eigenvalue weighted by atomic mass is 32.2. The van der Waals surface area contributed by atoms with Gasteiger partial charge in [-0.15, -0.1) is 0 Å². The number of hydrogen-bond acceptors (Lipinski definition) is 8. The fourth-order valence-electron chi connectivity index (χ4n) is 3.36. The van der Waals surface area contributed by atoms with E-state index >= 15 is 0 Å². The van der Waals surface area contributed by atoms with Crippen LogP contribution < -0.4 is 10.0 Å². The number of pyridine rings is 1. The van der Waals surface area contributed by atoms with Crippen LogP contribution in [0.3, 0.4) is 0 Å². The van der Waals surface area contributed by atoms with Crippen molar-refractivity contribution in [2.24, 2.45) is 0 Å². The Hall–Kier alpha value is -3.78. The van der Waals surface area contributed by atoms with Gasteiger partial charge in [0, 0.05) is 30.5 Å². The number of aromatic nitrogens is 5. The molecule has 3 aromatic heterocycles. The van der Waals surface area contributed by atoms with Crippen molar-refractivity contribution in [2.75, 3.05) is 37.2 Å². The normalized spacial score (nSPS) is 12.3. The molecule has 190 valence electrons. The van der Waals surface area contributed by atoms with Gasteiger partial charge in [-0.25, -0.2) is 15.0 Å². The van der Waals surface area contributed by atoms with Crippen LogP contribution in [0.15, 0.2) is 47.6 Å². The Kier molecular flexibility index (Phi) is 6.82. The van der Waals surface area contributed by atoms with Crippen molar-refractivity contribution in [3.63, 3.8) is 0 Å². The Morgan fingerprint density at radius 3 is 2.47 bits per heavy atom. The first-order valence-corrected chi connectivity index (χ1v) is 12.2. The van der Waals surface area contributed by atoms with Crippen LogP contribution in [-0.4, -0.2) is 65.7 Å². The molecule has 3 N–H and O–H groups in total. The maximum Gasteiger partial charge on any atom is 0.416 e. The largest absolute Gasteiger partial charge is 0.416 e. The number of H-pyrrole nitrogens is 1. The fraction of sp³-hybridized carbons (Fsp3) is 0.273. The first kappa shape index (κ1) is 25.3. The number of nitrogens with one attached hydrogen (secondary N) is 3. The van der Waals surface area contributed by atoms with Crippen LogP contribution in [0.4, 0.5) is 24.7 Å². The van der Waals surface area contributed by atoms with Gasteiger partial charge >= 0.3 is 6.18 Å². The lowest BCUT2D eigenvalue weighted by atomic mass is 10.2. The van der Waals surface area contributed by atoms with Crippen LogP contribution in [0, 0.1) is 6.92 Å². The number of fused-ring (bicyclic) bond motifs is 1. The number of alkyl halides is 3. The minimum atomic E-state index is -4.69. The topological polar surface area (TPSA) is 129 Å². The maximum atomic E-state index is 13.0. The number of anilines is 2. The molecule has 0 radical (unpaired) electrons. The Balaban J connectivity index is 1.59. The van der Waals surface area contributed by atoms with Crippen molar-refractivity contribution in [3.8, 4) is 11.4 Å². The molecule has 0 aliphatic rings. The van der Waals surface area contributed by atoms with E-state index in [4.69, 9.17) is 0 Å². The second-order valence-corrected chi connectivity index (χ2v) is 9.85. The highest BCUT2D eigenvalue weighted by molar-refractivity contribution is 7.92. The SMILES string of the molecule is Cc1n[nH]c2nc(-c3ccc(NS(=O)(=O)c4cc(C(F)(F)F)ccn4)cc3)nc(NCCN(C)C)c12. The van der Waals surface area contributed by atoms with Crippen molar-refractivity contribution in [2.45, 2.75) is 18.1 Å². The third-order valence-electron chi connectivity index (χ3n) is 5.18. The van der Waals surface area contributed by atoms with Gasteiger partial charge < -0.3 is 10.2 Å². The summed E-state index contributed by atoms with van der Waals surface area (Å²) in [5.41, 5.74) is 0.924. The third-order valence-corrected chi connectivity index (χ3v) is 6.46. The molecule has 0 aliphatic carbocycles. The van der Waals surface area contributed by atoms with Gasteiger partial charge in [0.05, 0.1) is 16.6 Å². The number of rotatable bonds is 8. The highest BCUT2D eigenvalue weighted by Gasteiger charge is 2.32. The summed E-state index contributed by atoms with van der Waals surface area (Å²) in [5, 5.41) is 10.4. The van der Waals surface area contributed by atoms with Crippen LogP contribution in [0.25, 0.3) is 22.4 Å². The molecule has 0 spiro atoms. The van der Waals surface area contributed by atoms with E-state index in [0.29, 0.717) is 41.5 Å². The lowest BCUT2D eigenvalue weighted by Gasteiger charge is -2.13. The molecule has 3 heterocycles. The van der Waals surface area contributed by atoms with Crippen LogP contribution >= 0.6 is 0 Å². The van der Waals surface area contributed by atoms with E-state index in [2.05, 4.69) is 35.2 Å². The quantitative estimate of drug-likeness (QED) is 0.322. The molecule has 0 bridgehead atoms. The Morgan fingerprint density at radius 2 is 1.81 bits per heavy atom. The number of aryl methyl sites for hydroxylation is 1. The molecular formula is C22H23F3N8O2S. The van der Waals surface area contributed by atoms with Gasteiger partial charge in [0.15, 0.2) is 16.5 Å². The van der Waals surface area contributed by atoms with E-state index in [-0.39, 0.29) is 5.69 Å². The van der Waals surface area contributed by atoms with E-state index in [1.54, 1.807) is 12.1 Å². The van der Waals surface area contributed by atoms with Crippen molar-refractivity contribution in [1.82, 2.24) is 30.0 Å². The molecule has 0 aliphatic heterocycles. The molecular weight excluding hydrogens is 497 g/mol. The first-order valence-electron chi connectivity index (χ1n) is 10.7. The molecule has 4 aromatic rings. The molecule has 4 rings (SSSR count). The van der Waals surface area contributed by atoms with Gasteiger partial charge in [-0.1, -0.05) is 0 Å². The van der Waals surface area contributed by atoms with E-state index < -0.39 is 26.8 Å². The van der Waals surface area contributed by atoms with Crippen LogP contribution in [0.1, 0.15) is 11.3 Å². The minimum Gasteiger partial charge on any atom is -0.368 e. The van der Waals surface area contributed by atoms with Gasteiger partial charge in [-0.3, -0.25) is 9.82 Å². The number of aromatic amines is 1. The second-order valence-electron chi connectivity index (χ2n) is 8.22. The summed E-state index contributed by atoms with van der Waals surface area (Å²) in [6, 6.07) is 7.32. The summed E-state index contributed by atoms with van der Waals surface area (Å²) in [7, 11) is -0.417. The lowest BCUT2D eigenvalue weighted by Crippen LogP contribution is -2.21. The van der Waals surface area contributed by atoms with Crippen LogP contribution in [-0.2, 0) is 16.2 Å². The number of sulfonamides is 1. The number of benzene rings is 1. The predicted molar refractivity (Wildman–Crippen MR) is 129 cm³/mol. The summed E-state index contributed by atoms with van der Waals surface area (Å²) in [6.45, 7) is 3.28. The number of halogens is 3. The average Bonchev–Trinajstić information content (AvgIpc) is 3.19. The first-order chi connectivity index (χ1) is 16.9. The zero-order chi connectivity index (χ0) is 26.1. The van der Waals surface area contributed by atoms with Gasteiger partial charge in [-0.2, -0.15) is 26.7 Å². The smallest absolute Gasteiger partial charge is 0.368 e. The summed E-state index contributed by atoms with van der Waals surface area (Å²) in [4.78, 5) is 14.8. The van der Waals surface area contributed by atoms with Gasteiger partial charge in [0.25, 0.3) is 10.0 Å². The molecule has 0 saturated carbocycles. The molecule has 0 saturated heterocycles. The van der Waals surface area contributed by atoms with Crippen molar-refractivity contribution >= 4 is 32.6 Å². The van der Waals surface area contributed by atoms with E-state index in [0.717, 1.165) is 23.8 Å². The molecule has 0 unspecified atom stereocenters. The number of nitrogens with zero attached hydrogens (tertiary/aromatic N) is 5. The molecule has 0 amide bonds. The highest BCUT2D eigenvalue weighted by Crippen LogP contribution is 2.30. The molecule has 36 heavy (non-hydrogen) atoms. The molecule has 0 fully saturated rings. The minimum absolute atomic E-state index is 0.140. The molecule has 1 aromatic carbocycles. The average molecular weight is 521 g/mol. The van der Waals surface area contributed by atoms with Gasteiger partial charge in [-0.05, 0) is 57.4 Å². The summed E-state index contributed by atoms with van der Waals surface area (Å²) in [5.74, 6) is 0.996. The standard InChI is InChI=1S/C22H23F3N8O2S/c1-13-18-20(27-10-11-33(2)3)28-19(29-21(18)31-30-13)14-4-6-16(7-5-14)32-36(34,35)17-12-15(8-9-26-17)22(23,24)25/h4-9,12,32H,10-11H2,1-3H3,(H2,27,28,29,30,31). The number of hydrogen-bond donors (Lipinski definition) is 3. The molecule has 14 heteroatoms. The predicted octanol–water partition coefficient (Wildman–Crippen LogP) is 3.52. The third kappa shape index (κ3) is 5.54. The van der Waals surface area contributed by atoms with E-state index in [1.165, 1.54) is 12.1 Å². The van der Waals surface area contributed by atoms with Crippen LogP contribution in [0.5, 0.6) is 0 Å². The molecule has 0 atom stereocenters. The summed E-state index contributed by atoms with van der Waals surface area (Å²) in [6.07, 6.45) is -3.89. The Bertz CT molecular complexity index is 1490. The van der Waals surface area contributed by atoms with Gasteiger partial charge in [0.2, 0.25) is 0 Å². The fourth-order valence-corrected chi connectivity index (χ4v) is 4.39. The lowest BCUT2D eigenvalue weighted by molar-refractivity contribution is -0.137. The van der Waals surface area contributed by atoms with Gasteiger partial charge in [0.1, 0.15) is 5.82 Å². The zero-order valence-corrected chi connectivity index (χ0v) is 20.4. The van der Waals surface area contributed by atoms with Crippen molar-refractivity contribution in [3.05, 3.63) is 53.9 Å². The summed E-state index contributed by atoms with van der Waals surface area (Å²) < 4.78 is 66.3. The second kappa shape index (κ2) is 9.70. The maximum absolute atomic E-state index is 13.0. The van der Waals surface area contributed by atoms with Crippen molar-refractivity contribution < 1.29 is 21.6 Å². The zero-order valence-electron chi connectivity index (χ0n) is 19.6. The molecule has 10 nitrogen and oxygen atoms in total. The number of likely N-dealkylation sites (N-methyl/N-ethyl adjacent to an activating group) is 1. The van der Waals surface area contributed by atoms with Crippen molar-refractivity contribution in [1.29, 1.82) is 0 Å².